The molecule has 1 aromatic heterocycles. The summed E-state index contributed by atoms with van der Waals surface area (Å²) in [4.78, 5) is 16.3. The molecule has 0 aliphatic rings. The van der Waals surface area contributed by atoms with E-state index in [1.807, 2.05) is 0 Å². The molecule has 3 aromatic rings. The number of halogens is 1. The van der Waals surface area contributed by atoms with Crippen molar-refractivity contribution in [3.8, 4) is 23.1 Å². The summed E-state index contributed by atoms with van der Waals surface area (Å²) in [6, 6.07) is 12.3. The number of esters is 1. The first kappa shape index (κ1) is 16.7. The Morgan fingerprint density at radius 1 is 1.16 bits per heavy atom. The zero-order valence-electron chi connectivity index (χ0n) is 13.5. The van der Waals surface area contributed by atoms with Crippen molar-refractivity contribution in [1.82, 2.24) is 4.98 Å². The second kappa shape index (κ2) is 6.80. The highest BCUT2D eigenvalue weighted by molar-refractivity contribution is 6.35. The first-order chi connectivity index (χ1) is 12.1. The first-order valence-corrected chi connectivity index (χ1v) is 7.72. The summed E-state index contributed by atoms with van der Waals surface area (Å²) in [5.41, 5.74) is 2.18. The third-order valence-electron chi connectivity index (χ3n) is 3.85. The molecule has 0 spiro atoms. The number of carbonyl (C=O) groups excluding carboxylic acids is 1. The number of pyridine rings is 1. The van der Waals surface area contributed by atoms with Crippen molar-refractivity contribution >= 4 is 28.3 Å². The molecule has 0 aliphatic carbocycles. The molecule has 3 rings (SSSR count). The van der Waals surface area contributed by atoms with E-state index in [2.05, 4.69) is 11.1 Å². The normalized spacial score (nSPS) is 10.3. The van der Waals surface area contributed by atoms with Crippen LogP contribution in [0.25, 0.3) is 22.0 Å². The molecule has 0 atom stereocenters. The molecule has 0 amide bonds. The topological polar surface area (TPSA) is 72.2 Å². The third-order valence-corrected chi connectivity index (χ3v) is 4.15. The molecule has 0 saturated heterocycles. The van der Waals surface area contributed by atoms with Gasteiger partial charge in [-0.15, -0.1) is 0 Å². The van der Waals surface area contributed by atoms with Crippen LogP contribution in [0.3, 0.4) is 0 Å². The van der Waals surface area contributed by atoms with Crippen LogP contribution >= 0.6 is 11.6 Å². The van der Waals surface area contributed by atoms with Gasteiger partial charge in [0.15, 0.2) is 0 Å². The maximum atomic E-state index is 11.9. The van der Waals surface area contributed by atoms with Gasteiger partial charge in [-0.1, -0.05) is 17.7 Å². The summed E-state index contributed by atoms with van der Waals surface area (Å²) >= 11 is 6.25. The van der Waals surface area contributed by atoms with Crippen LogP contribution in [0.15, 0.2) is 42.6 Å². The van der Waals surface area contributed by atoms with Gasteiger partial charge in [0.05, 0.1) is 42.1 Å². The second-order valence-electron chi connectivity index (χ2n) is 5.23. The predicted octanol–water partition coefficient (Wildman–Crippen LogP) is 4.22. The largest absolute Gasteiger partial charge is 0.496 e. The van der Waals surface area contributed by atoms with Crippen molar-refractivity contribution in [2.75, 3.05) is 14.2 Å². The van der Waals surface area contributed by atoms with Crippen LogP contribution in [0.5, 0.6) is 5.75 Å². The van der Waals surface area contributed by atoms with Crippen molar-refractivity contribution < 1.29 is 14.3 Å². The number of hydrogen-bond acceptors (Lipinski definition) is 5. The third kappa shape index (κ3) is 3.00. The van der Waals surface area contributed by atoms with Gasteiger partial charge in [0, 0.05) is 22.5 Å². The lowest BCUT2D eigenvalue weighted by Crippen LogP contribution is -2.01. The Hall–Kier alpha value is -3.10. The van der Waals surface area contributed by atoms with Crippen molar-refractivity contribution in [3.05, 3.63) is 58.7 Å². The van der Waals surface area contributed by atoms with Crippen LogP contribution in [0.2, 0.25) is 5.02 Å². The van der Waals surface area contributed by atoms with E-state index in [1.54, 1.807) is 42.6 Å². The molecule has 0 bridgehead atoms. The van der Waals surface area contributed by atoms with E-state index >= 15 is 0 Å². The number of aromatic nitrogens is 1. The van der Waals surface area contributed by atoms with E-state index in [1.165, 1.54) is 14.2 Å². The Bertz CT molecular complexity index is 1030. The molecule has 1 heterocycles. The lowest BCUT2D eigenvalue weighted by molar-refractivity contribution is 0.0601. The monoisotopic (exact) mass is 352 g/mol. The lowest BCUT2D eigenvalue weighted by Gasteiger charge is -2.12. The predicted molar refractivity (Wildman–Crippen MR) is 94.8 cm³/mol. The number of nitrogens with zero attached hydrogens (tertiary/aromatic N) is 2. The average molecular weight is 353 g/mol. The highest BCUT2D eigenvalue weighted by Gasteiger charge is 2.16. The summed E-state index contributed by atoms with van der Waals surface area (Å²) in [5.74, 6) is 0.0678. The molecule has 0 aliphatic heterocycles. The Morgan fingerprint density at radius 2 is 1.96 bits per heavy atom. The van der Waals surface area contributed by atoms with Crippen molar-refractivity contribution in [3.63, 3.8) is 0 Å². The molecule has 6 heteroatoms. The van der Waals surface area contributed by atoms with Gasteiger partial charge < -0.3 is 9.47 Å². The van der Waals surface area contributed by atoms with Crippen LogP contribution < -0.4 is 4.74 Å². The number of fused-ring (bicyclic) bond motifs is 1. The summed E-state index contributed by atoms with van der Waals surface area (Å²) in [7, 11) is 2.85. The van der Waals surface area contributed by atoms with Crippen molar-refractivity contribution in [2.24, 2.45) is 0 Å². The van der Waals surface area contributed by atoms with Gasteiger partial charge >= 0.3 is 5.97 Å². The highest BCUT2D eigenvalue weighted by atomic mass is 35.5. The number of methoxy groups -OCH3 is 2. The number of ether oxygens (including phenoxy) is 2. The van der Waals surface area contributed by atoms with Gasteiger partial charge in [-0.25, -0.2) is 4.79 Å². The number of carbonyl (C=O) groups is 1. The molecule has 25 heavy (non-hydrogen) atoms. The number of hydrogen-bond donors (Lipinski definition) is 0. The minimum absolute atomic E-state index is 0.396. The van der Waals surface area contributed by atoms with Gasteiger partial charge in [-0.05, 0) is 30.3 Å². The fourth-order valence-corrected chi connectivity index (χ4v) is 2.84. The second-order valence-corrected chi connectivity index (χ2v) is 5.64. The summed E-state index contributed by atoms with van der Waals surface area (Å²) in [6.07, 6.45) is 1.55. The van der Waals surface area contributed by atoms with E-state index in [0.29, 0.717) is 38.5 Å². The Balaban J connectivity index is 2.31. The molecule has 0 saturated carbocycles. The molecular formula is C19H13ClN2O3. The van der Waals surface area contributed by atoms with Crippen molar-refractivity contribution in [1.29, 1.82) is 5.26 Å². The lowest BCUT2D eigenvalue weighted by atomic mass is 10.00. The van der Waals surface area contributed by atoms with Crippen LogP contribution in [-0.4, -0.2) is 25.2 Å². The molecule has 0 fully saturated rings. The minimum Gasteiger partial charge on any atom is -0.496 e. The van der Waals surface area contributed by atoms with E-state index in [0.717, 1.165) is 5.39 Å². The Labute approximate surface area is 149 Å². The van der Waals surface area contributed by atoms with Crippen molar-refractivity contribution in [2.45, 2.75) is 0 Å². The Kier molecular flexibility index (Phi) is 4.55. The molecule has 0 radical (unpaired) electrons. The van der Waals surface area contributed by atoms with E-state index < -0.39 is 5.97 Å². The maximum Gasteiger partial charge on any atom is 0.337 e. The number of benzene rings is 2. The molecule has 124 valence electrons. The fraction of sp³-hybridized carbons (Fsp3) is 0.105. The smallest absolute Gasteiger partial charge is 0.337 e. The van der Waals surface area contributed by atoms with Gasteiger partial charge in [0.25, 0.3) is 0 Å². The summed E-state index contributed by atoms with van der Waals surface area (Å²) in [5, 5.41) is 11.0. The van der Waals surface area contributed by atoms with Crippen LogP contribution in [0.1, 0.15) is 15.9 Å². The minimum atomic E-state index is -0.445. The molecule has 5 nitrogen and oxygen atoms in total. The number of rotatable bonds is 3. The molecule has 0 N–H and O–H groups in total. The summed E-state index contributed by atoms with van der Waals surface area (Å²) < 4.78 is 10.2. The zero-order valence-corrected chi connectivity index (χ0v) is 14.3. The summed E-state index contributed by atoms with van der Waals surface area (Å²) in [6.45, 7) is 0. The van der Waals surface area contributed by atoms with Crippen LogP contribution in [0, 0.1) is 11.3 Å². The number of nitriles is 1. The quantitative estimate of drug-likeness (QED) is 0.660. The average Bonchev–Trinajstić information content (AvgIpc) is 2.67. The Morgan fingerprint density at radius 3 is 2.64 bits per heavy atom. The van der Waals surface area contributed by atoms with E-state index in [-0.39, 0.29) is 0 Å². The highest BCUT2D eigenvalue weighted by Crippen LogP contribution is 2.36. The standard InChI is InChI=1S/C19H13ClN2O3/c1-24-17-7-11(9-21)3-5-14(17)18-15-8-12(19(23)25-2)4-6-13(15)16(20)10-22-18/h3-8,10H,1-2H3. The molecule has 0 unspecified atom stereocenters. The van der Waals surface area contributed by atoms with Crippen LogP contribution in [0.4, 0.5) is 0 Å². The SMILES string of the molecule is COC(=O)c1ccc2c(Cl)cnc(-c3ccc(C#N)cc3OC)c2c1. The molecule has 2 aromatic carbocycles. The van der Waals surface area contributed by atoms with E-state index in [9.17, 15) is 4.79 Å². The van der Waals surface area contributed by atoms with Gasteiger partial charge in [0.1, 0.15) is 5.75 Å². The van der Waals surface area contributed by atoms with Gasteiger partial charge in [-0.2, -0.15) is 5.26 Å². The van der Waals surface area contributed by atoms with E-state index in [4.69, 9.17) is 26.3 Å². The van der Waals surface area contributed by atoms with Gasteiger partial charge in [0.2, 0.25) is 0 Å². The van der Waals surface area contributed by atoms with Crippen LogP contribution in [-0.2, 0) is 4.74 Å². The fourth-order valence-electron chi connectivity index (χ4n) is 2.62. The maximum absolute atomic E-state index is 11.9. The van der Waals surface area contributed by atoms with Gasteiger partial charge in [-0.3, -0.25) is 4.98 Å². The first-order valence-electron chi connectivity index (χ1n) is 7.34. The molecular weight excluding hydrogens is 340 g/mol. The zero-order chi connectivity index (χ0) is 18.0.